The van der Waals surface area contributed by atoms with Crippen LogP contribution in [-0.2, 0) is 4.79 Å². The fourth-order valence-electron chi connectivity index (χ4n) is 0.312. The summed E-state index contributed by atoms with van der Waals surface area (Å²) >= 11 is 0. The van der Waals surface area contributed by atoms with E-state index in [1.54, 1.807) is 0 Å². The van der Waals surface area contributed by atoms with Crippen molar-refractivity contribution in [2.45, 2.75) is 13.8 Å². The molecule has 0 unspecified atom stereocenters. The number of hydrogen-bond acceptors (Lipinski definition) is 2. The Morgan fingerprint density at radius 2 is 2.25 bits per heavy atom. The van der Waals surface area contributed by atoms with Crippen LogP contribution in [0.3, 0.4) is 0 Å². The van der Waals surface area contributed by atoms with Gasteiger partial charge in [0.15, 0.2) is 0 Å². The van der Waals surface area contributed by atoms with Gasteiger partial charge in [0.2, 0.25) is 5.91 Å². The van der Waals surface area contributed by atoms with Crippen molar-refractivity contribution in [2.24, 2.45) is 0 Å². The second-order valence-corrected chi connectivity index (χ2v) is 1.51. The molecule has 0 saturated carbocycles. The molecule has 0 fully saturated rings. The van der Waals surface area contributed by atoms with Crippen molar-refractivity contribution in [3.05, 3.63) is 0 Å². The van der Waals surface area contributed by atoms with Crippen LogP contribution in [0.5, 0.6) is 0 Å². The number of amides is 1. The molecule has 8 heavy (non-hydrogen) atoms. The average molecular weight is 116 g/mol. The maximum Gasteiger partial charge on any atom is 0.217 e. The SMILES string of the molecule is CCNCNC(C)=O. The summed E-state index contributed by atoms with van der Waals surface area (Å²) in [7, 11) is 0. The first-order valence-electron chi connectivity index (χ1n) is 2.72. The highest BCUT2D eigenvalue weighted by Crippen LogP contribution is 1.55. The van der Waals surface area contributed by atoms with E-state index in [1.165, 1.54) is 6.92 Å². The Morgan fingerprint density at radius 1 is 1.62 bits per heavy atom. The minimum Gasteiger partial charge on any atom is -0.344 e. The highest BCUT2D eigenvalue weighted by atomic mass is 16.1. The van der Waals surface area contributed by atoms with Gasteiger partial charge in [0.25, 0.3) is 0 Å². The molecule has 0 aromatic carbocycles. The van der Waals surface area contributed by atoms with Crippen LogP contribution < -0.4 is 10.6 Å². The van der Waals surface area contributed by atoms with E-state index in [0.29, 0.717) is 6.67 Å². The summed E-state index contributed by atoms with van der Waals surface area (Å²) in [5, 5.41) is 5.54. The molecule has 0 aromatic rings. The molecule has 0 heterocycles. The lowest BCUT2D eigenvalue weighted by Crippen LogP contribution is -2.31. The topological polar surface area (TPSA) is 41.1 Å². The molecule has 48 valence electrons. The van der Waals surface area contributed by atoms with Crippen LogP contribution in [0.25, 0.3) is 0 Å². The second kappa shape index (κ2) is 4.59. The molecule has 0 spiro atoms. The molecule has 0 aromatic heterocycles. The number of nitrogens with one attached hydrogen (secondary N) is 2. The van der Waals surface area contributed by atoms with Crippen molar-refractivity contribution in [1.82, 2.24) is 10.6 Å². The van der Waals surface area contributed by atoms with Gasteiger partial charge in [-0.05, 0) is 6.54 Å². The summed E-state index contributed by atoms with van der Waals surface area (Å²) in [6.45, 7) is 4.95. The molecular weight excluding hydrogens is 104 g/mol. The van der Waals surface area contributed by atoms with Crippen molar-refractivity contribution in [3.8, 4) is 0 Å². The van der Waals surface area contributed by atoms with E-state index in [9.17, 15) is 4.79 Å². The molecule has 0 radical (unpaired) electrons. The van der Waals surface area contributed by atoms with Gasteiger partial charge < -0.3 is 10.6 Å². The minimum atomic E-state index is 0.00551. The molecular formula is C5H12N2O. The minimum absolute atomic E-state index is 0.00551. The van der Waals surface area contributed by atoms with Gasteiger partial charge in [-0.25, -0.2) is 0 Å². The molecule has 0 atom stereocenters. The fourth-order valence-corrected chi connectivity index (χ4v) is 0.312. The second-order valence-electron chi connectivity index (χ2n) is 1.51. The Balaban J connectivity index is 2.82. The molecule has 3 heteroatoms. The first-order chi connectivity index (χ1) is 3.77. The lowest BCUT2D eigenvalue weighted by molar-refractivity contribution is -0.119. The summed E-state index contributed by atoms with van der Waals surface area (Å²) in [5.74, 6) is 0.00551. The van der Waals surface area contributed by atoms with Gasteiger partial charge in [-0.15, -0.1) is 0 Å². The van der Waals surface area contributed by atoms with Gasteiger partial charge in [-0.3, -0.25) is 4.79 Å². The largest absolute Gasteiger partial charge is 0.344 e. The lowest BCUT2D eigenvalue weighted by Gasteiger charge is -1.99. The van der Waals surface area contributed by atoms with Gasteiger partial charge >= 0.3 is 0 Å². The highest BCUT2D eigenvalue weighted by molar-refractivity contribution is 5.72. The maximum atomic E-state index is 10.2. The molecule has 0 aliphatic carbocycles. The van der Waals surface area contributed by atoms with Gasteiger partial charge in [-0.1, -0.05) is 6.92 Å². The zero-order valence-electron chi connectivity index (χ0n) is 5.32. The first-order valence-corrected chi connectivity index (χ1v) is 2.72. The summed E-state index contributed by atoms with van der Waals surface area (Å²) in [6.07, 6.45) is 0. The Kier molecular flexibility index (Phi) is 4.26. The zero-order chi connectivity index (χ0) is 6.41. The van der Waals surface area contributed by atoms with Crippen molar-refractivity contribution in [2.75, 3.05) is 13.2 Å². The van der Waals surface area contributed by atoms with Crippen LogP contribution in [-0.4, -0.2) is 19.1 Å². The molecule has 3 nitrogen and oxygen atoms in total. The van der Waals surface area contributed by atoms with Gasteiger partial charge in [0.1, 0.15) is 0 Å². The molecule has 0 aliphatic rings. The van der Waals surface area contributed by atoms with E-state index in [-0.39, 0.29) is 5.91 Å². The third kappa shape index (κ3) is 5.43. The first kappa shape index (κ1) is 7.43. The van der Waals surface area contributed by atoms with Crippen LogP contribution >= 0.6 is 0 Å². The van der Waals surface area contributed by atoms with Crippen LogP contribution in [0.15, 0.2) is 0 Å². The van der Waals surface area contributed by atoms with E-state index in [0.717, 1.165) is 6.54 Å². The van der Waals surface area contributed by atoms with Crippen LogP contribution in [0.1, 0.15) is 13.8 Å². The summed E-state index contributed by atoms with van der Waals surface area (Å²) in [5.41, 5.74) is 0. The maximum absolute atomic E-state index is 10.2. The van der Waals surface area contributed by atoms with Crippen molar-refractivity contribution < 1.29 is 4.79 Å². The van der Waals surface area contributed by atoms with E-state index in [1.807, 2.05) is 6.92 Å². The van der Waals surface area contributed by atoms with E-state index < -0.39 is 0 Å². The zero-order valence-corrected chi connectivity index (χ0v) is 5.32. The van der Waals surface area contributed by atoms with Gasteiger partial charge in [-0.2, -0.15) is 0 Å². The summed E-state index contributed by atoms with van der Waals surface area (Å²) in [4.78, 5) is 10.2. The Hall–Kier alpha value is -0.570. The standard InChI is InChI=1S/C5H12N2O/c1-3-6-4-7-5(2)8/h6H,3-4H2,1-2H3,(H,7,8). The Labute approximate surface area is 49.5 Å². The smallest absolute Gasteiger partial charge is 0.217 e. The van der Waals surface area contributed by atoms with Gasteiger partial charge in [0, 0.05) is 6.92 Å². The summed E-state index contributed by atoms with van der Waals surface area (Å²) in [6, 6.07) is 0. The average Bonchev–Trinajstić information content (AvgIpc) is 1.66. The monoisotopic (exact) mass is 116 g/mol. The third-order valence-corrected chi connectivity index (χ3v) is 0.712. The van der Waals surface area contributed by atoms with Crippen LogP contribution in [0.2, 0.25) is 0 Å². The number of carbonyl (C=O) groups is 1. The highest BCUT2D eigenvalue weighted by Gasteiger charge is 1.84. The normalized spacial score (nSPS) is 8.75. The fraction of sp³-hybridized carbons (Fsp3) is 0.800. The number of rotatable bonds is 3. The third-order valence-electron chi connectivity index (χ3n) is 0.712. The van der Waals surface area contributed by atoms with E-state index in [2.05, 4.69) is 10.6 Å². The predicted octanol–water partition coefficient (Wildman–Crippen LogP) is -0.311. The Morgan fingerprint density at radius 3 is 2.62 bits per heavy atom. The number of carbonyl (C=O) groups excluding carboxylic acids is 1. The summed E-state index contributed by atoms with van der Waals surface area (Å²) < 4.78 is 0. The molecule has 1 amide bonds. The molecule has 0 aliphatic heterocycles. The molecule has 0 bridgehead atoms. The lowest BCUT2D eigenvalue weighted by atomic mass is 10.7. The van der Waals surface area contributed by atoms with Crippen molar-refractivity contribution in [3.63, 3.8) is 0 Å². The molecule has 0 rings (SSSR count). The van der Waals surface area contributed by atoms with Gasteiger partial charge in [0.05, 0.1) is 6.67 Å². The van der Waals surface area contributed by atoms with E-state index >= 15 is 0 Å². The predicted molar refractivity (Wildman–Crippen MR) is 32.4 cm³/mol. The number of hydrogen-bond donors (Lipinski definition) is 2. The Bertz CT molecular complexity index is 72.8. The van der Waals surface area contributed by atoms with Crippen LogP contribution in [0.4, 0.5) is 0 Å². The molecule has 2 N–H and O–H groups in total. The quantitative estimate of drug-likeness (QED) is 0.392. The van der Waals surface area contributed by atoms with Crippen molar-refractivity contribution in [1.29, 1.82) is 0 Å². The molecule has 0 saturated heterocycles. The van der Waals surface area contributed by atoms with Crippen molar-refractivity contribution >= 4 is 5.91 Å². The van der Waals surface area contributed by atoms with Crippen LogP contribution in [0, 0.1) is 0 Å². The van der Waals surface area contributed by atoms with E-state index in [4.69, 9.17) is 0 Å².